The molecule has 0 aromatic rings. The van der Waals surface area contributed by atoms with Crippen LogP contribution in [-0.2, 0) is 10.1 Å². The molecule has 2 aliphatic rings. The number of aliphatic hydroxyl groups excluding tert-OH is 2. The zero-order valence-corrected chi connectivity index (χ0v) is 14.4. The lowest BCUT2D eigenvalue weighted by Crippen LogP contribution is -2.48. The van der Waals surface area contributed by atoms with Crippen molar-refractivity contribution >= 4 is 10.1 Å². The molecule has 0 saturated carbocycles. The van der Waals surface area contributed by atoms with E-state index < -0.39 is 10.1 Å². The Balaban J connectivity index is 0.000000277. The summed E-state index contributed by atoms with van der Waals surface area (Å²) in [5.74, 6) is -0.201. The molecule has 0 radical (unpaired) electrons. The normalized spacial score (nSPS) is 21.7. The Kier molecular flexibility index (Phi) is 10.1. The number of hydrogen-bond acceptors (Lipinski definition) is 8. The summed E-state index contributed by atoms with van der Waals surface area (Å²) in [6.07, 6.45) is 0. The first-order valence-electron chi connectivity index (χ1n) is 7.99. The molecule has 9 nitrogen and oxygen atoms in total. The smallest absolute Gasteiger partial charge is 0.266 e. The van der Waals surface area contributed by atoms with Gasteiger partial charge >= 0.3 is 0 Å². The van der Waals surface area contributed by atoms with Crippen molar-refractivity contribution in [1.82, 2.24) is 20.0 Å². The van der Waals surface area contributed by atoms with Crippen LogP contribution in [0.15, 0.2) is 0 Å². The van der Waals surface area contributed by atoms with E-state index in [1.54, 1.807) is 0 Å². The summed E-state index contributed by atoms with van der Waals surface area (Å²) in [5.41, 5.74) is 0. The minimum Gasteiger partial charge on any atom is -0.395 e. The van der Waals surface area contributed by atoms with Crippen LogP contribution in [0.1, 0.15) is 0 Å². The van der Waals surface area contributed by atoms with Gasteiger partial charge in [0.1, 0.15) is 0 Å². The highest BCUT2D eigenvalue weighted by molar-refractivity contribution is 7.85. The second kappa shape index (κ2) is 11.3. The zero-order valence-electron chi connectivity index (χ0n) is 13.6. The molecule has 0 aromatic carbocycles. The fraction of sp³-hybridized carbons (Fsp3) is 1.00. The van der Waals surface area contributed by atoms with Crippen LogP contribution in [0.5, 0.6) is 0 Å². The lowest BCUT2D eigenvalue weighted by atomic mass is 10.3. The number of nitrogens with one attached hydrogen (secondary N) is 1. The van der Waals surface area contributed by atoms with Gasteiger partial charge < -0.3 is 15.5 Å². The van der Waals surface area contributed by atoms with E-state index in [4.69, 9.17) is 14.8 Å². The predicted molar refractivity (Wildman–Crippen MR) is 87.9 cm³/mol. The first-order valence-corrected chi connectivity index (χ1v) is 9.60. The molecule has 0 atom stereocenters. The minimum atomic E-state index is -3.84. The average molecular weight is 354 g/mol. The van der Waals surface area contributed by atoms with Crippen molar-refractivity contribution in [2.24, 2.45) is 0 Å². The van der Waals surface area contributed by atoms with Gasteiger partial charge in [0, 0.05) is 65.4 Å². The number of β-amino-alcohol motifs (C(OH)–C–C–N with tert-alkyl or cyclic N) is 1. The van der Waals surface area contributed by atoms with Gasteiger partial charge in [0.25, 0.3) is 10.1 Å². The fourth-order valence-corrected chi connectivity index (χ4v) is 2.96. The molecule has 0 spiro atoms. The number of hydrogen-bond donors (Lipinski definition) is 4. The van der Waals surface area contributed by atoms with Crippen LogP contribution in [0.2, 0.25) is 0 Å². The predicted octanol–water partition coefficient (Wildman–Crippen LogP) is -2.67. The van der Waals surface area contributed by atoms with Gasteiger partial charge in [-0.25, -0.2) is 0 Å². The first kappa shape index (κ1) is 20.7. The molecule has 2 fully saturated rings. The van der Waals surface area contributed by atoms with E-state index in [2.05, 4.69) is 10.2 Å². The van der Waals surface area contributed by atoms with Gasteiger partial charge in [-0.05, 0) is 0 Å². The molecule has 2 rings (SSSR count). The Morgan fingerprint density at radius 3 is 1.74 bits per heavy atom. The minimum absolute atomic E-state index is 0.158. The van der Waals surface area contributed by atoms with E-state index in [1.165, 1.54) is 0 Å². The molecule has 0 aromatic heterocycles. The maximum Gasteiger partial charge on any atom is 0.266 e. The second-order valence-electron chi connectivity index (χ2n) is 5.70. The Labute approximate surface area is 138 Å². The molecule has 0 bridgehead atoms. The topological polar surface area (TPSA) is 117 Å². The highest BCUT2D eigenvalue weighted by Gasteiger charge is 2.17. The van der Waals surface area contributed by atoms with Gasteiger partial charge in [-0.3, -0.25) is 19.3 Å². The molecule has 23 heavy (non-hydrogen) atoms. The number of aliphatic hydroxyl groups is 2. The van der Waals surface area contributed by atoms with Crippen molar-refractivity contribution in [2.45, 2.75) is 0 Å². The summed E-state index contributed by atoms with van der Waals surface area (Å²) < 4.78 is 29.6. The molecule has 0 unspecified atom stereocenters. The van der Waals surface area contributed by atoms with E-state index in [9.17, 15) is 8.42 Å². The Hall–Kier alpha value is -0.330. The van der Waals surface area contributed by atoms with Crippen molar-refractivity contribution in [3.05, 3.63) is 0 Å². The Bertz CT molecular complexity index is 395. The molecule has 0 amide bonds. The third kappa shape index (κ3) is 10.2. The van der Waals surface area contributed by atoms with Crippen molar-refractivity contribution < 1.29 is 23.2 Å². The largest absolute Gasteiger partial charge is 0.395 e. The average Bonchev–Trinajstić information content (AvgIpc) is 2.55. The molecule has 2 saturated heterocycles. The van der Waals surface area contributed by atoms with Crippen LogP contribution in [0, 0.1) is 0 Å². The lowest BCUT2D eigenvalue weighted by Gasteiger charge is -2.33. The second-order valence-corrected chi connectivity index (χ2v) is 7.27. The maximum atomic E-state index is 10.5. The molecule has 10 heteroatoms. The molecule has 2 aliphatic heterocycles. The van der Waals surface area contributed by atoms with Crippen LogP contribution in [0.4, 0.5) is 0 Å². The van der Waals surface area contributed by atoms with Gasteiger partial charge in [0.15, 0.2) is 0 Å². The molecule has 2 heterocycles. The molecule has 0 aliphatic carbocycles. The summed E-state index contributed by atoms with van der Waals surface area (Å²) in [7, 11) is -3.84. The summed E-state index contributed by atoms with van der Waals surface area (Å²) in [6.45, 7) is 8.67. The maximum absolute atomic E-state index is 10.5. The van der Waals surface area contributed by atoms with Gasteiger partial charge in [0.2, 0.25) is 0 Å². The zero-order chi connectivity index (χ0) is 17.1. The van der Waals surface area contributed by atoms with Gasteiger partial charge in [-0.15, -0.1) is 0 Å². The van der Waals surface area contributed by atoms with Crippen molar-refractivity contribution in [2.75, 3.05) is 84.5 Å². The third-order valence-corrected chi connectivity index (χ3v) is 4.65. The van der Waals surface area contributed by atoms with E-state index in [0.29, 0.717) is 13.1 Å². The number of rotatable bonds is 6. The van der Waals surface area contributed by atoms with Crippen molar-refractivity contribution in [3.8, 4) is 0 Å². The third-order valence-electron chi connectivity index (χ3n) is 3.96. The summed E-state index contributed by atoms with van der Waals surface area (Å²) in [4.78, 5) is 6.14. The van der Waals surface area contributed by atoms with Crippen molar-refractivity contribution in [1.29, 1.82) is 0 Å². The fourth-order valence-electron chi connectivity index (χ4n) is 2.47. The SMILES string of the molecule is O=S(=O)(O)CCN1CCN(CCO)CC1.OCN1CCNCC1. The quantitative estimate of drug-likeness (QED) is 0.379. The standard InChI is InChI=1S/C8H18N2O4S.C5H12N2O/c11-7-5-9-1-3-10(4-2-9)6-8-15(12,13)14;8-5-7-3-1-6-2-4-7/h11H,1-8H2,(H,12,13,14);6,8H,1-5H2. The Morgan fingerprint density at radius 1 is 0.826 bits per heavy atom. The van der Waals surface area contributed by atoms with Crippen LogP contribution >= 0.6 is 0 Å². The summed E-state index contributed by atoms with van der Waals surface area (Å²) >= 11 is 0. The van der Waals surface area contributed by atoms with Crippen LogP contribution in [0.3, 0.4) is 0 Å². The number of nitrogens with zero attached hydrogens (tertiary/aromatic N) is 3. The van der Waals surface area contributed by atoms with Gasteiger partial charge in [-0.1, -0.05) is 0 Å². The van der Waals surface area contributed by atoms with E-state index in [-0.39, 0.29) is 19.1 Å². The van der Waals surface area contributed by atoms with E-state index in [0.717, 1.165) is 52.4 Å². The Morgan fingerprint density at radius 2 is 1.35 bits per heavy atom. The highest BCUT2D eigenvalue weighted by Crippen LogP contribution is 2.01. The van der Waals surface area contributed by atoms with Gasteiger partial charge in [-0.2, -0.15) is 8.42 Å². The molecular formula is C13H30N4O5S. The van der Waals surface area contributed by atoms with Crippen LogP contribution in [0.25, 0.3) is 0 Å². The first-order chi connectivity index (χ1) is 10.9. The van der Waals surface area contributed by atoms with E-state index >= 15 is 0 Å². The van der Waals surface area contributed by atoms with E-state index in [1.807, 2.05) is 9.80 Å². The molecular weight excluding hydrogens is 324 g/mol. The highest BCUT2D eigenvalue weighted by atomic mass is 32.2. The monoisotopic (exact) mass is 354 g/mol. The molecule has 138 valence electrons. The lowest BCUT2D eigenvalue weighted by molar-refractivity contribution is 0.0957. The van der Waals surface area contributed by atoms with Crippen LogP contribution in [-0.4, -0.2) is 122 Å². The van der Waals surface area contributed by atoms with Crippen LogP contribution < -0.4 is 5.32 Å². The van der Waals surface area contributed by atoms with Gasteiger partial charge in [0.05, 0.1) is 19.1 Å². The summed E-state index contributed by atoms with van der Waals surface area (Å²) in [6, 6.07) is 0. The molecule has 4 N–H and O–H groups in total. The summed E-state index contributed by atoms with van der Waals surface area (Å²) in [5, 5.41) is 20.5. The van der Waals surface area contributed by atoms with Crippen molar-refractivity contribution in [3.63, 3.8) is 0 Å². The number of piperazine rings is 2.